The first-order valence-corrected chi connectivity index (χ1v) is 6.40. The fraction of sp³-hybridized carbons (Fsp3) is 0.357. The molecule has 1 aromatic carbocycles. The van der Waals surface area contributed by atoms with Gasteiger partial charge in [0.1, 0.15) is 5.75 Å². The van der Waals surface area contributed by atoms with E-state index in [4.69, 9.17) is 4.74 Å². The molecule has 0 bridgehead atoms. The van der Waals surface area contributed by atoms with Crippen molar-refractivity contribution in [2.24, 2.45) is 0 Å². The Hall–Kier alpha value is -2.01. The molecule has 1 aliphatic rings. The van der Waals surface area contributed by atoms with Gasteiger partial charge >= 0.3 is 0 Å². The van der Waals surface area contributed by atoms with E-state index >= 15 is 0 Å². The Kier molecular flexibility index (Phi) is 4.41. The van der Waals surface area contributed by atoms with Crippen LogP contribution >= 0.6 is 0 Å². The molecular weight excluding hydrogens is 242 g/mol. The molecule has 0 fully saturated rings. The highest BCUT2D eigenvalue weighted by Crippen LogP contribution is 2.10. The number of ether oxygens (including phenoxy) is 1. The van der Waals surface area contributed by atoms with Crippen molar-refractivity contribution in [3.05, 3.63) is 41.6 Å². The first kappa shape index (κ1) is 13.4. The van der Waals surface area contributed by atoms with Crippen LogP contribution in [0.2, 0.25) is 0 Å². The van der Waals surface area contributed by atoms with E-state index in [-0.39, 0.29) is 5.91 Å². The monoisotopic (exact) mass is 262 g/mol. The lowest BCUT2D eigenvalue weighted by Gasteiger charge is -2.20. The first-order valence-electron chi connectivity index (χ1n) is 6.40. The van der Waals surface area contributed by atoms with Gasteiger partial charge in [0.25, 0.3) is 5.91 Å². The molecule has 5 nitrogen and oxygen atoms in total. The Labute approximate surface area is 113 Å². The van der Waals surface area contributed by atoms with Crippen molar-refractivity contribution >= 4 is 5.91 Å². The van der Waals surface area contributed by atoms with E-state index in [9.17, 15) is 4.79 Å². The Bertz CT molecular complexity index is 468. The fourth-order valence-corrected chi connectivity index (χ4v) is 1.91. The summed E-state index contributed by atoms with van der Waals surface area (Å²) in [6.07, 6.45) is 3.07. The van der Waals surface area contributed by atoms with Crippen LogP contribution in [-0.4, -0.2) is 33.2 Å². The van der Waals surface area contributed by atoms with E-state index in [1.165, 1.54) is 4.90 Å². The van der Waals surface area contributed by atoms with Crippen molar-refractivity contribution in [1.29, 1.82) is 0 Å². The molecule has 0 aliphatic carbocycles. The Morgan fingerprint density at radius 2 is 2.05 bits per heavy atom. The Balaban J connectivity index is 1.87. The summed E-state index contributed by atoms with van der Waals surface area (Å²) in [5, 5.41) is 0. The Morgan fingerprint density at radius 3 is 2.63 bits per heavy atom. The summed E-state index contributed by atoms with van der Waals surface area (Å²) in [5.41, 5.74) is 7.38. The second-order valence-corrected chi connectivity index (χ2v) is 4.70. The highest BCUT2D eigenvalue weighted by atomic mass is 16.5. The second kappa shape index (κ2) is 6.24. The summed E-state index contributed by atoms with van der Waals surface area (Å²) in [5.74, 6) is 0.598. The number of likely N-dealkylation sites (N-methyl/N-ethyl adjacent to an activating group) is 1. The number of rotatable bonds is 4. The third-order valence-electron chi connectivity index (χ3n) is 3.21. The minimum atomic E-state index is -0.144. The average Bonchev–Trinajstić information content (AvgIpc) is 2.46. The zero-order valence-corrected chi connectivity index (χ0v) is 11.3. The SMILES string of the molecule is COc1ccc(C(=O)NNC2=CC[NH+](C)CC2)cc1. The Morgan fingerprint density at radius 1 is 1.32 bits per heavy atom. The number of hydrogen-bond acceptors (Lipinski definition) is 3. The number of amides is 1. The van der Waals surface area contributed by atoms with Gasteiger partial charge in [-0.25, -0.2) is 0 Å². The third kappa shape index (κ3) is 3.72. The molecule has 19 heavy (non-hydrogen) atoms. The zero-order chi connectivity index (χ0) is 13.7. The van der Waals surface area contributed by atoms with Crippen LogP contribution in [0.1, 0.15) is 16.8 Å². The van der Waals surface area contributed by atoms with Crippen LogP contribution in [0.4, 0.5) is 0 Å². The van der Waals surface area contributed by atoms with Gasteiger partial charge in [-0.3, -0.25) is 10.2 Å². The summed E-state index contributed by atoms with van der Waals surface area (Å²) >= 11 is 0. The topological polar surface area (TPSA) is 54.8 Å². The quantitative estimate of drug-likeness (QED) is 0.655. The van der Waals surface area contributed by atoms with Gasteiger partial charge in [0, 0.05) is 17.7 Å². The van der Waals surface area contributed by atoms with Gasteiger partial charge in [-0.1, -0.05) is 0 Å². The van der Waals surface area contributed by atoms with Crippen molar-refractivity contribution < 1.29 is 14.4 Å². The van der Waals surface area contributed by atoms with Crippen LogP contribution in [-0.2, 0) is 0 Å². The van der Waals surface area contributed by atoms with Crippen molar-refractivity contribution in [3.8, 4) is 5.75 Å². The minimum absolute atomic E-state index is 0.144. The van der Waals surface area contributed by atoms with E-state index in [2.05, 4.69) is 24.0 Å². The lowest BCUT2D eigenvalue weighted by Crippen LogP contribution is -3.09. The maximum absolute atomic E-state index is 11.9. The minimum Gasteiger partial charge on any atom is -0.497 e. The lowest BCUT2D eigenvalue weighted by atomic mass is 10.2. The molecule has 3 N–H and O–H groups in total. The number of benzene rings is 1. The van der Waals surface area contributed by atoms with Crippen molar-refractivity contribution in [2.45, 2.75) is 6.42 Å². The van der Waals surface area contributed by atoms with Crippen LogP contribution in [0.3, 0.4) is 0 Å². The standard InChI is InChI=1S/C14H19N3O2/c1-17-9-7-12(8-10-17)15-16-14(18)11-3-5-13(19-2)6-4-11/h3-7,15H,8-10H2,1-2H3,(H,16,18)/p+1. The molecule has 1 aromatic rings. The van der Waals surface area contributed by atoms with Crippen LogP contribution in [0.5, 0.6) is 5.75 Å². The van der Waals surface area contributed by atoms with Crippen LogP contribution in [0.25, 0.3) is 0 Å². The number of carbonyl (C=O) groups is 1. The zero-order valence-electron chi connectivity index (χ0n) is 11.3. The van der Waals surface area contributed by atoms with Crippen LogP contribution in [0, 0.1) is 0 Å². The molecule has 0 aromatic heterocycles. The average molecular weight is 262 g/mol. The largest absolute Gasteiger partial charge is 0.497 e. The maximum atomic E-state index is 11.9. The number of carbonyl (C=O) groups excluding carboxylic acids is 1. The van der Waals surface area contributed by atoms with E-state index in [1.807, 2.05) is 0 Å². The van der Waals surface area contributed by atoms with Crippen molar-refractivity contribution in [3.63, 3.8) is 0 Å². The van der Waals surface area contributed by atoms with E-state index in [0.29, 0.717) is 5.56 Å². The molecule has 1 amide bonds. The predicted molar refractivity (Wildman–Crippen MR) is 72.9 cm³/mol. The van der Waals surface area contributed by atoms with Gasteiger partial charge in [-0.05, 0) is 30.3 Å². The van der Waals surface area contributed by atoms with Crippen LogP contribution < -0.4 is 20.5 Å². The van der Waals surface area contributed by atoms with Crippen molar-refractivity contribution in [2.75, 3.05) is 27.2 Å². The van der Waals surface area contributed by atoms with Crippen LogP contribution in [0.15, 0.2) is 36.0 Å². The molecule has 0 radical (unpaired) electrons. The lowest BCUT2D eigenvalue weighted by molar-refractivity contribution is -0.875. The molecule has 1 unspecified atom stereocenters. The molecule has 102 valence electrons. The van der Waals surface area contributed by atoms with E-state index in [1.54, 1.807) is 31.4 Å². The van der Waals surface area contributed by atoms with Gasteiger partial charge < -0.3 is 15.1 Å². The maximum Gasteiger partial charge on any atom is 0.269 e. The van der Waals surface area contributed by atoms with E-state index in [0.717, 1.165) is 31.0 Å². The number of hydrazine groups is 1. The molecular formula is C14H20N3O2+. The van der Waals surface area contributed by atoms with Gasteiger partial charge in [0.2, 0.25) is 0 Å². The molecule has 0 spiro atoms. The summed E-state index contributed by atoms with van der Waals surface area (Å²) in [6, 6.07) is 7.02. The third-order valence-corrected chi connectivity index (χ3v) is 3.21. The summed E-state index contributed by atoms with van der Waals surface area (Å²) in [7, 11) is 3.76. The predicted octanol–water partition coefficient (Wildman–Crippen LogP) is -0.268. The number of hydrogen-bond donors (Lipinski definition) is 3. The molecule has 0 saturated carbocycles. The molecule has 5 heteroatoms. The normalized spacial score (nSPS) is 18.4. The summed E-state index contributed by atoms with van der Waals surface area (Å²) < 4.78 is 5.06. The molecule has 1 heterocycles. The first-order chi connectivity index (χ1) is 9.19. The van der Waals surface area contributed by atoms with Crippen molar-refractivity contribution in [1.82, 2.24) is 10.9 Å². The summed E-state index contributed by atoms with van der Waals surface area (Å²) in [4.78, 5) is 13.4. The molecule has 1 atom stereocenters. The van der Waals surface area contributed by atoms with Gasteiger partial charge in [0.05, 0.1) is 27.2 Å². The number of methoxy groups -OCH3 is 1. The van der Waals surface area contributed by atoms with Gasteiger partial charge in [-0.2, -0.15) is 0 Å². The summed E-state index contributed by atoms with van der Waals surface area (Å²) in [6.45, 7) is 2.07. The highest BCUT2D eigenvalue weighted by molar-refractivity contribution is 5.94. The number of nitrogens with one attached hydrogen (secondary N) is 3. The molecule has 2 rings (SSSR count). The second-order valence-electron chi connectivity index (χ2n) is 4.70. The van der Waals surface area contributed by atoms with Gasteiger partial charge in [-0.15, -0.1) is 0 Å². The number of quaternary nitrogens is 1. The highest BCUT2D eigenvalue weighted by Gasteiger charge is 2.11. The smallest absolute Gasteiger partial charge is 0.269 e. The van der Waals surface area contributed by atoms with Gasteiger partial charge in [0.15, 0.2) is 0 Å². The van der Waals surface area contributed by atoms with E-state index < -0.39 is 0 Å². The fourth-order valence-electron chi connectivity index (χ4n) is 1.91. The molecule has 0 saturated heterocycles. The molecule has 1 aliphatic heterocycles.